The van der Waals surface area contributed by atoms with Crippen LogP contribution in [-0.4, -0.2) is 10.9 Å². The van der Waals surface area contributed by atoms with Crippen LogP contribution in [-0.2, 0) is 4.79 Å². The van der Waals surface area contributed by atoms with E-state index in [0.717, 1.165) is 29.9 Å². The van der Waals surface area contributed by atoms with E-state index < -0.39 is 0 Å². The Kier molecular flexibility index (Phi) is 4.01. The van der Waals surface area contributed by atoms with Crippen molar-refractivity contribution in [3.8, 4) is 11.3 Å². The Morgan fingerprint density at radius 2 is 1.91 bits per heavy atom. The largest absolute Gasteiger partial charge is 0.444 e. The van der Waals surface area contributed by atoms with Crippen LogP contribution >= 0.6 is 0 Å². The van der Waals surface area contributed by atoms with Crippen LogP contribution in [0.1, 0.15) is 39.5 Å². The van der Waals surface area contributed by atoms with E-state index in [1.54, 1.807) is 6.20 Å². The highest BCUT2D eigenvalue weighted by Gasteiger charge is 2.38. The minimum atomic E-state index is -0.319. The molecule has 3 rings (SSSR count). The molecule has 0 radical (unpaired) electrons. The zero-order chi connectivity index (χ0) is 15.6. The van der Waals surface area contributed by atoms with E-state index in [9.17, 15) is 4.79 Å². The quantitative estimate of drug-likeness (QED) is 0.904. The molecular weight excluding hydrogens is 276 g/mol. The van der Waals surface area contributed by atoms with Crippen LogP contribution in [0, 0.1) is 11.3 Å². The van der Waals surface area contributed by atoms with Crippen LogP contribution in [0.5, 0.6) is 0 Å². The lowest BCUT2D eigenvalue weighted by molar-refractivity contribution is -0.126. The smallest absolute Gasteiger partial charge is 0.230 e. The molecule has 1 aromatic carbocycles. The molecule has 0 atom stereocenters. The number of nitrogens with one attached hydrogen (secondary N) is 1. The van der Waals surface area contributed by atoms with E-state index in [0.29, 0.717) is 5.92 Å². The lowest BCUT2D eigenvalue weighted by Crippen LogP contribution is -2.36. The Morgan fingerprint density at radius 3 is 2.50 bits per heavy atom. The minimum Gasteiger partial charge on any atom is -0.444 e. The van der Waals surface area contributed by atoms with Gasteiger partial charge in [0.15, 0.2) is 12.2 Å². The number of nitrogens with zero attached hydrogens (tertiary/aromatic N) is 1. The molecule has 22 heavy (non-hydrogen) atoms. The maximum absolute atomic E-state index is 12.6. The second kappa shape index (κ2) is 5.95. The fraction of sp³-hybridized carbons (Fsp3) is 0.444. The maximum Gasteiger partial charge on any atom is 0.230 e. The van der Waals surface area contributed by atoms with Crippen molar-refractivity contribution in [2.24, 2.45) is 11.3 Å². The summed E-state index contributed by atoms with van der Waals surface area (Å²) in [6, 6.07) is 7.67. The average molecular weight is 298 g/mol. The van der Waals surface area contributed by atoms with E-state index >= 15 is 0 Å². The van der Waals surface area contributed by atoms with Gasteiger partial charge in [-0.15, -0.1) is 0 Å². The number of aromatic nitrogens is 1. The first-order valence-electron chi connectivity index (χ1n) is 7.88. The molecule has 1 amide bonds. The molecular formula is C18H22N2O2. The zero-order valence-electron chi connectivity index (χ0n) is 13.1. The lowest BCUT2D eigenvalue weighted by Gasteiger charge is -2.30. The third kappa shape index (κ3) is 2.91. The third-order valence-electron chi connectivity index (χ3n) is 4.82. The summed E-state index contributed by atoms with van der Waals surface area (Å²) < 4.78 is 5.26. The van der Waals surface area contributed by atoms with Gasteiger partial charge in [-0.1, -0.05) is 26.7 Å². The Balaban J connectivity index is 1.68. The average Bonchev–Trinajstić information content (AvgIpc) is 3.21. The van der Waals surface area contributed by atoms with E-state index in [4.69, 9.17) is 4.42 Å². The topological polar surface area (TPSA) is 55.1 Å². The van der Waals surface area contributed by atoms with Crippen molar-refractivity contribution in [1.82, 2.24) is 4.98 Å². The predicted octanol–water partition coefficient (Wildman–Crippen LogP) is 4.50. The van der Waals surface area contributed by atoms with Gasteiger partial charge in [0.25, 0.3) is 0 Å². The lowest BCUT2D eigenvalue weighted by atomic mass is 9.77. The Morgan fingerprint density at radius 1 is 1.23 bits per heavy atom. The highest BCUT2D eigenvalue weighted by atomic mass is 16.3. The van der Waals surface area contributed by atoms with Crippen molar-refractivity contribution in [1.29, 1.82) is 0 Å². The molecule has 0 spiro atoms. The van der Waals surface area contributed by atoms with Crippen molar-refractivity contribution in [2.75, 3.05) is 5.32 Å². The van der Waals surface area contributed by atoms with Crippen molar-refractivity contribution >= 4 is 11.6 Å². The summed E-state index contributed by atoms with van der Waals surface area (Å²) in [6.07, 6.45) is 7.89. The second-order valence-electron chi connectivity index (χ2n) is 6.60. The Hall–Kier alpha value is -2.10. The van der Waals surface area contributed by atoms with Gasteiger partial charge in [-0.25, -0.2) is 4.98 Å². The van der Waals surface area contributed by atoms with Crippen LogP contribution in [0.15, 0.2) is 41.3 Å². The number of rotatable bonds is 4. The summed E-state index contributed by atoms with van der Waals surface area (Å²) in [5, 5.41) is 3.05. The van der Waals surface area contributed by atoms with Crippen LogP contribution in [0.4, 0.5) is 5.69 Å². The van der Waals surface area contributed by atoms with Crippen molar-refractivity contribution in [3.05, 3.63) is 36.9 Å². The predicted molar refractivity (Wildman–Crippen MR) is 86.3 cm³/mol. The summed E-state index contributed by atoms with van der Waals surface area (Å²) in [6.45, 7) is 4.11. The molecule has 2 aromatic rings. The van der Waals surface area contributed by atoms with Gasteiger partial charge in [0.2, 0.25) is 5.91 Å². The molecule has 0 aliphatic heterocycles. The van der Waals surface area contributed by atoms with Crippen molar-refractivity contribution in [3.63, 3.8) is 0 Å². The number of hydrogen-bond donors (Lipinski definition) is 1. The minimum absolute atomic E-state index is 0.104. The zero-order valence-corrected chi connectivity index (χ0v) is 13.1. The molecule has 116 valence electrons. The molecule has 1 N–H and O–H groups in total. The first-order valence-corrected chi connectivity index (χ1v) is 7.88. The molecule has 1 fully saturated rings. The SMILES string of the molecule is CC(C)(C(=O)Nc1ccc(-c2cnco2)cc1)C1CCCC1. The second-order valence-corrected chi connectivity index (χ2v) is 6.60. The van der Waals surface area contributed by atoms with Crippen LogP contribution in [0.25, 0.3) is 11.3 Å². The number of benzene rings is 1. The molecule has 1 heterocycles. The third-order valence-corrected chi connectivity index (χ3v) is 4.82. The van der Waals surface area contributed by atoms with Gasteiger partial charge < -0.3 is 9.73 Å². The maximum atomic E-state index is 12.6. The first kappa shape index (κ1) is 14.8. The highest BCUT2D eigenvalue weighted by Crippen LogP contribution is 2.40. The van der Waals surface area contributed by atoms with Gasteiger partial charge in [-0.3, -0.25) is 4.79 Å². The molecule has 0 saturated heterocycles. The number of hydrogen-bond acceptors (Lipinski definition) is 3. The highest BCUT2D eigenvalue weighted by molar-refractivity contribution is 5.95. The van der Waals surface area contributed by atoms with Crippen LogP contribution in [0.3, 0.4) is 0 Å². The molecule has 0 unspecified atom stereocenters. The summed E-state index contributed by atoms with van der Waals surface area (Å²) in [5.74, 6) is 1.32. The van der Waals surface area contributed by atoms with E-state index in [1.165, 1.54) is 19.2 Å². The molecule has 1 aromatic heterocycles. The fourth-order valence-electron chi connectivity index (χ4n) is 3.20. The normalized spacial score (nSPS) is 15.9. The van der Waals surface area contributed by atoms with Gasteiger partial charge >= 0.3 is 0 Å². The van der Waals surface area contributed by atoms with Gasteiger partial charge in [0.1, 0.15) is 0 Å². The number of carbonyl (C=O) groups excluding carboxylic acids is 1. The fourth-order valence-corrected chi connectivity index (χ4v) is 3.20. The van der Waals surface area contributed by atoms with Gasteiger partial charge in [0.05, 0.1) is 6.20 Å². The van der Waals surface area contributed by atoms with Crippen LogP contribution < -0.4 is 5.32 Å². The molecule has 1 aliphatic carbocycles. The summed E-state index contributed by atoms with van der Waals surface area (Å²) in [4.78, 5) is 16.5. The summed E-state index contributed by atoms with van der Waals surface area (Å²) >= 11 is 0. The molecule has 0 bridgehead atoms. The standard InChI is InChI=1S/C18H22N2O2/c1-18(2,14-5-3-4-6-14)17(21)20-15-9-7-13(8-10-15)16-11-19-12-22-16/h7-12,14H,3-6H2,1-2H3,(H,20,21). The molecule has 4 heteroatoms. The molecule has 1 saturated carbocycles. The Bertz CT molecular complexity index is 624. The number of anilines is 1. The van der Waals surface area contributed by atoms with E-state index in [-0.39, 0.29) is 11.3 Å². The summed E-state index contributed by atoms with van der Waals surface area (Å²) in [7, 11) is 0. The Labute approximate surface area is 130 Å². The number of amides is 1. The van der Waals surface area contributed by atoms with Gasteiger partial charge in [-0.05, 0) is 43.0 Å². The monoisotopic (exact) mass is 298 g/mol. The van der Waals surface area contributed by atoms with Crippen molar-refractivity contribution in [2.45, 2.75) is 39.5 Å². The number of oxazole rings is 1. The van der Waals surface area contributed by atoms with Crippen molar-refractivity contribution < 1.29 is 9.21 Å². The first-order chi connectivity index (χ1) is 10.6. The van der Waals surface area contributed by atoms with Gasteiger partial charge in [-0.2, -0.15) is 0 Å². The van der Waals surface area contributed by atoms with E-state index in [1.807, 2.05) is 24.3 Å². The molecule has 1 aliphatic rings. The van der Waals surface area contributed by atoms with E-state index in [2.05, 4.69) is 24.1 Å². The molecule has 4 nitrogen and oxygen atoms in total. The van der Waals surface area contributed by atoms with Crippen LogP contribution in [0.2, 0.25) is 0 Å². The number of carbonyl (C=O) groups is 1. The summed E-state index contributed by atoms with van der Waals surface area (Å²) in [5.41, 5.74) is 1.45. The van der Waals surface area contributed by atoms with Gasteiger partial charge in [0, 0.05) is 16.7 Å².